The van der Waals surface area contributed by atoms with E-state index >= 15 is 0 Å². The second kappa shape index (κ2) is 7.38. The molecule has 0 fully saturated rings. The van der Waals surface area contributed by atoms with E-state index < -0.39 is 16.1 Å². The van der Waals surface area contributed by atoms with Gasteiger partial charge in [0.2, 0.25) is 11.8 Å². The van der Waals surface area contributed by atoms with E-state index in [0.717, 1.165) is 0 Å². The standard InChI is InChI=1S/C13H13Cl2N5O4S/c1-6-4-8(14)17-11(15)10(6)25(22,23)20-13(21)19-12-16-7(2)5-9(18-12)24-3/h4-5H,1-3H3,(H2,16,18,19,20,21). The van der Waals surface area contributed by atoms with Crippen molar-refractivity contribution in [2.45, 2.75) is 18.7 Å². The summed E-state index contributed by atoms with van der Waals surface area (Å²) in [6, 6.07) is 1.79. The molecule has 0 bridgehead atoms. The van der Waals surface area contributed by atoms with Gasteiger partial charge >= 0.3 is 6.03 Å². The number of hydrogen-bond acceptors (Lipinski definition) is 7. The lowest BCUT2D eigenvalue weighted by atomic mass is 10.3. The molecule has 25 heavy (non-hydrogen) atoms. The van der Waals surface area contributed by atoms with E-state index in [4.69, 9.17) is 27.9 Å². The SMILES string of the molecule is COc1cc(C)nc(NC(=O)NS(=O)(=O)c2c(C)cc(Cl)nc2Cl)n1. The van der Waals surface area contributed by atoms with E-state index in [0.29, 0.717) is 5.69 Å². The third-order valence-electron chi connectivity index (χ3n) is 2.85. The maximum absolute atomic E-state index is 12.4. The van der Waals surface area contributed by atoms with Crippen molar-refractivity contribution in [2.75, 3.05) is 12.4 Å². The Labute approximate surface area is 153 Å². The molecule has 0 saturated carbocycles. The molecule has 2 amide bonds. The average Bonchev–Trinajstić information content (AvgIpc) is 2.43. The van der Waals surface area contributed by atoms with E-state index in [2.05, 4.69) is 20.3 Å². The topological polar surface area (TPSA) is 123 Å². The number of ether oxygens (including phenoxy) is 1. The van der Waals surface area contributed by atoms with Crippen LogP contribution < -0.4 is 14.8 Å². The zero-order valence-corrected chi connectivity index (χ0v) is 15.6. The number of nitrogens with one attached hydrogen (secondary N) is 2. The zero-order chi connectivity index (χ0) is 18.8. The van der Waals surface area contributed by atoms with Crippen LogP contribution in [0.4, 0.5) is 10.7 Å². The molecule has 0 aliphatic heterocycles. The fourth-order valence-electron chi connectivity index (χ4n) is 1.91. The summed E-state index contributed by atoms with van der Waals surface area (Å²) in [5, 5.41) is 1.90. The van der Waals surface area contributed by atoms with Crippen molar-refractivity contribution in [1.82, 2.24) is 19.7 Å². The van der Waals surface area contributed by atoms with E-state index in [9.17, 15) is 13.2 Å². The summed E-state index contributed by atoms with van der Waals surface area (Å²) in [5.41, 5.74) is 0.754. The minimum atomic E-state index is -4.29. The highest BCUT2D eigenvalue weighted by Crippen LogP contribution is 2.25. The number of halogens is 2. The Morgan fingerprint density at radius 2 is 1.84 bits per heavy atom. The van der Waals surface area contributed by atoms with Crippen LogP contribution in [-0.4, -0.2) is 36.5 Å². The second-order valence-electron chi connectivity index (χ2n) is 4.82. The normalized spacial score (nSPS) is 11.1. The number of amides is 2. The quantitative estimate of drug-likeness (QED) is 0.747. The van der Waals surface area contributed by atoms with Crippen LogP contribution in [0.2, 0.25) is 10.3 Å². The number of urea groups is 1. The molecule has 0 aromatic carbocycles. The maximum Gasteiger partial charge on any atom is 0.335 e. The van der Waals surface area contributed by atoms with Gasteiger partial charge in [-0.05, 0) is 25.5 Å². The molecule has 134 valence electrons. The van der Waals surface area contributed by atoms with Crippen LogP contribution in [0.15, 0.2) is 17.0 Å². The summed E-state index contributed by atoms with van der Waals surface area (Å²) in [5.74, 6) is 0.0908. The number of carbonyl (C=O) groups is 1. The molecule has 2 aromatic heterocycles. The Morgan fingerprint density at radius 1 is 1.16 bits per heavy atom. The number of hydrogen-bond donors (Lipinski definition) is 2. The van der Waals surface area contributed by atoms with E-state index in [1.54, 1.807) is 13.0 Å². The van der Waals surface area contributed by atoms with Crippen molar-refractivity contribution in [1.29, 1.82) is 0 Å². The average molecular weight is 406 g/mol. The zero-order valence-electron chi connectivity index (χ0n) is 13.3. The van der Waals surface area contributed by atoms with Crippen molar-refractivity contribution >= 4 is 45.2 Å². The van der Waals surface area contributed by atoms with Gasteiger partial charge in [0, 0.05) is 11.8 Å². The van der Waals surface area contributed by atoms with Crippen LogP contribution in [0.1, 0.15) is 11.3 Å². The minimum Gasteiger partial charge on any atom is -0.481 e. The number of anilines is 1. The van der Waals surface area contributed by atoms with E-state index in [1.807, 2.05) is 4.72 Å². The lowest BCUT2D eigenvalue weighted by molar-refractivity contribution is 0.256. The van der Waals surface area contributed by atoms with Gasteiger partial charge in [-0.15, -0.1) is 0 Å². The van der Waals surface area contributed by atoms with Crippen molar-refractivity contribution in [3.8, 4) is 5.88 Å². The number of rotatable bonds is 4. The lowest BCUT2D eigenvalue weighted by Crippen LogP contribution is -2.35. The van der Waals surface area contributed by atoms with Crippen LogP contribution in [0.5, 0.6) is 5.88 Å². The first kappa shape index (κ1) is 19.2. The summed E-state index contributed by atoms with van der Waals surface area (Å²) in [6.07, 6.45) is 0. The fraction of sp³-hybridized carbons (Fsp3) is 0.231. The third kappa shape index (κ3) is 4.68. The molecular weight excluding hydrogens is 393 g/mol. The third-order valence-corrected chi connectivity index (χ3v) is 4.93. The molecule has 0 spiro atoms. The summed E-state index contributed by atoms with van der Waals surface area (Å²) < 4.78 is 31.5. The highest BCUT2D eigenvalue weighted by molar-refractivity contribution is 7.90. The molecule has 0 unspecified atom stereocenters. The van der Waals surface area contributed by atoms with Gasteiger partial charge in [0.15, 0.2) is 5.15 Å². The van der Waals surface area contributed by atoms with Crippen molar-refractivity contribution in [3.63, 3.8) is 0 Å². The molecule has 0 saturated heterocycles. The highest BCUT2D eigenvalue weighted by atomic mass is 35.5. The summed E-state index contributed by atoms with van der Waals surface area (Å²) in [4.78, 5) is 23.1. The molecule has 0 aliphatic carbocycles. The fourth-order valence-corrected chi connectivity index (χ4v) is 3.89. The van der Waals surface area contributed by atoms with Crippen LogP contribution in [0.25, 0.3) is 0 Å². The molecule has 12 heteroatoms. The molecule has 2 heterocycles. The first-order valence-electron chi connectivity index (χ1n) is 6.68. The van der Waals surface area contributed by atoms with E-state index in [-0.39, 0.29) is 32.6 Å². The Morgan fingerprint density at radius 3 is 2.44 bits per heavy atom. The number of aryl methyl sites for hydroxylation is 2. The van der Waals surface area contributed by atoms with Crippen molar-refractivity contribution < 1.29 is 17.9 Å². The summed E-state index contributed by atoms with van der Waals surface area (Å²) >= 11 is 11.5. The van der Waals surface area contributed by atoms with E-state index in [1.165, 1.54) is 20.1 Å². The molecule has 2 rings (SSSR count). The Hall–Kier alpha value is -2.17. The Kier molecular flexibility index (Phi) is 5.65. The molecule has 0 aliphatic rings. The van der Waals surface area contributed by atoms with Crippen LogP contribution >= 0.6 is 23.2 Å². The first-order chi connectivity index (χ1) is 11.6. The monoisotopic (exact) mass is 405 g/mol. The summed E-state index contributed by atoms with van der Waals surface area (Å²) in [7, 11) is -2.89. The van der Waals surface area contributed by atoms with Gasteiger partial charge in [-0.25, -0.2) is 27.9 Å². The largest absolute Gasteiger partial charge is 0.481 e. The predicted molar refractivity (Wildman–Crippen MR) is 91.7 cm³/mol. The second-order valence-corrected chi connectivity index (χ2v) is 7.18. The molecule has 9 nitrogen and oxygen atoms in total. The molecule has 2 aromatic rings. The molecule has 2 N–H and O–H groups in total. The van der Waals surface area contributed by atoms with Gasteiger partial charge < -0.3 is 4.74 Å². The number of carbonyl (C=O) groups excluding carboxylic acids is 1. The van der Waals surface area contributed by atoms with Gasteiger partial charge in [-0.2, -0.15) is 4.98 Å². The number of methoxy groups -OCH3 is 1. The highest BCUT2D eigenvalue weighted by Gasteiger charge is 2.25. The summed E-state index contributed by atoms with van der Waals surface area (Å²) in [6.45, 7) is 3.13. The Bertz CT molecular complexity index is 913. The van der Waals surface area contributed by atoms with Crippen LogP contribution in [0.3, 0.4) is 0 Å². The lowest BCUT2D eigenvalue weighted by Gasteiger charge is -2.11. The van der Waals surface area contributed by atoms with Crippen LogP contribution in [0, 0.1) is 13.8 Å². The van der Waals surface area contributed by atoms with Gasteiger partial charge in [0.25, 0.3) is 10.0 Å². The smallest absolute Gasteiger partial charge is 0.335 e. The van der Waals surface area contributed by atoms with Crippen LogP contribution in [-0.2, 0) is 10.0 Å². The van der Waals surface area contributed by atoms with Gasteiger partial charge in [-0.1, -0.05) is 23.2 Å². The first-order valence-corrected chi connectivity index (χ1v) is 8.92. The Balaban J connectivity index is 2.24. The van der Waals surface area contributed by atoms with Gasteiger partial charge in [0.1, 0.15) is 10.0 Å². The number of aromatic nitrogens is 3. The number of sulfonamides is 1. The van der Waals surface area contributed by atoms with Crippen molar-refractivity contribution in [2.24, 2.45) is 0 Å². The van der Waals surface area contributed by atoms with Gasteiger partial charge in [-0.3, -0.25) is 5.32 Å². The molecule has 0 atom stereocenters. The number of pyridine rings is 1. The van der Waals surface area contributed by atoms with Crippen molar-refractivity contribution in [3.05, 3.63) is 33.7 Å². The molecular formula is C13H13Cl2N5O4S. The maximum atomic E-state index is 12.4. The molecule has 0 radical (unpaired) electrons. The minimum absolute atomic E-state index is 0.0335. The number of nitrogens with zero attached hydrogens (tertiary/aromatic N) is 3. The van der Waals surface area contributed by atoms with Gasteiger partial charge in [0.05, 0.1) is 7.11 Å². The predicted octanol–water partition coefficient (Wildman–Crippen LogP) is 2.31.